The number of rotatable bonds is 6. The summed E-state index contributed by atoms with van der Waals surface area (Å²) in [6.07, 6.45) is 1.74. The number of carbonyl (C=O) groups is 1. The molecule has 0 unspecified atom stereocenters. The van der Waals surface area contributed by atoms with Gasteiger partial charge in [0.1, 0.15) is 5.82 Å². The van der Waals surface area contributed by atoms with Crippen molar-refractivity contribution in [2.45, 2.75) is 22.6 Å². The number of amides is 1. The first-order valence-corrected chi connectivity index (χ1v) is 10.7. The molecule has 8 heteroatoms. The van der Waals surface area contributed by atoms with Crippen LogP contribution in [0.3, 0.4) is 0 Å². The number of thioether (sulfide) groups is 1. The molecule has 2 aromatic carbocycles. The second-order valence-corrected chi connectivity index (χ2v) is 8.92. The summed E-state index contributed by atoms with van der Waals surface area (Å²) in [5.74, 6) is -0.431. The van der Waals surface area contributed by atoms with Gasteiger partial charge in [0, 0.05) is 23.7 Å². The van der Waals surface area contributed by atoms with Gasteiger partial charge >= 0.3 is 0 Å². The molecule has 0 aliphatic carbocycles. The van der Waals surface area contributed by atoms with E-state index in [2.05, 4.69) is 5.32 Å². The van der Waals surface area contributed by atoms with Crippen molar-refractivity contribution in [3.8, 4) is 0 Å². The molecule has 26 heavy (non-hydrogen) atoms. The van der Waals surface area contributed by atoms with Crippen molar-refractivity contribution in [2.24, 2.45) is 0 Å². The summed E-state index contributed by atoms with van der Waals surface area (Å²) in [4.78, 5) is 13.1. The lowest BCUT2D eigenvalue weighted by molar-refractivity contribution is -0.113. The van der Waals surface area contributed by atoms with Crippen molar-refractivity contribution in [3.63, 3.8) is 0 Å². The van der Waals surface area contributed by atoms with Crippen LogP contribution in [0.2, 0.25) is 0 Å². The molecule has 1 aliphatic heterocycles. The predicted molar refractivity (Wildman–Crippen MR) is 100 cm³/mol. The Morgan fingerprint density at radius 2 is 1.81 bits per heavy atom. The van der Waals surface area contributed by atoms with Crippen molar-refractivity contribution < 1.29 is 17.6 Å². The van der Waals surface area contributed by atoms with Gasteiger partial charge in [0.05, 0.1) is 10.6 Å². The van der Waals surface area contributed by atoms with Crippen molar-refractivity contribution in [3.05, 3.63) is 54.3 Å². The Hall–Kier alpha value is -1.90. The maximum absolute atomic E-state index is 12.9. The highest BCUT2D eigenvalue weighted by Gasteiger charge is 2.27. The quantitative estimate of drug-likeness (QED) is 0.763. The summed E-state index contributed by atoms with van der Waals surface area (Å²) in [6, 6.07) is 12.2. The van der Waals surface area contributed by atoms with E-state index >= 15 is 0 Å². The second-order valence-electron chi connectivity index (χ2n) is 5.93. The smallest absolute Gasteiger partial charge is 0.243 e. The summed E-state index contributed by atoms with van der Waals surface area (Å²) in [5, 5.41) is 2.71. The van der Waals surface area contributed by atoms with Gasteiger partial charge in [-0.1, -0.05) is 6.07 Å². The minimum absolute atomic E-state index is 0.148. The number of hydrogen-bond acceptors (Lipinski definition) is 4. The number of halogens is 1. The molecule has 0 spiro atoms. The number of carbonyl (C=O) groups excluding carboxylic acids is 1. The number of benzene rings is 2. The van der Waals surface area contributed by atoms with Crippen LogP contribution < -0.4 is 5.32 Å². The Bertz CT molecular complexity index is 880. The van der Waals surface area contributed by atoms with E-state index in [1.54, 1.807) is 24.3 Å². The highest BCUT2D eigenvalue weighted by molar-refractivity contribution is 8.00. The Balaban J connectivity index is 1.62. The van der Waals surface area contributed by atoms with E-state index in [0.29, 0.717) is 18.8 Å². The van der Waals surface area contributed by atoms with Gasteiger partial charge in [-0.15, -0.1) is 11.8 Å². The lowest BCUT2D eigenvalue weighted by Crippen LogP contribution is -2.28. The van der Waals surface area contributed by atoms with Crippen LogP contribution in [-0.2, 0) is 14.8 Å². The average molecular weight is 394 g/mol. The molecule has 5 nitrogen and oxygen atoms in total. The second kappa shape index (κ2) is 8.20. The Morgan fingerprint density at radius 1 is 1.12 bits per heavy atom. The third kappa shape index (κ3) is 4.63. The van der Waals surface area contributed by atoms with Crippen LogP contribution in [0.25, 0.3) is 0 Å². The van der Waals surface area contributed by atoms with E-state index in [4.69, 9.17) is 0 Å². The molecule has 0 saturated carbocycles. The van der Waals surface area contributed by atoms with E-state index in [-0.39, 0.29) is 22.4 Å². The molecule has 0 atom stereocenters. The molecule has 1 aliphatic rings. The third-order valence-electron chi connectivity index (χ3n) is 4.00. The zero-order valence-electron chi connectivity index (χ0n) is 14.0. The van der Waals surface area contributed by atoms with Gasteiger partial charge in [-0.3, -0.25) is 4.79 Å². The van der Waals surface area contributed by atoms with E-state index in [1.807, 2.05) is 0 Å². The number of anilines is 1. The standard InChI is InChI=1S/C18H19FN2O3S2/c19-14-6-8-16(9-7-14)25-13-18(22)20-15-4-3-5-17(12-15)26(23,24)21-10-1-2-11-21/h3-9,12H,1-2,10-11,13H2,(H,20,22). The van der Waals surface area contributed by atoms with Crippen molar-refractivity contribution in [1.82, 2.24) is 4.31 Å². The lowest BCUT2D eigenvalue weighted by Gasteiger charge is -2.16. The summed E-state index contributed by atoms with van der Waals surface area (Å²) in [5.41, 5.74) is 0.440. The first-order chi connectivity index (χ1) is 12.4. The number of nitrogens with zero attached hydrogens (tertiary/aromatic N) is 1. The largest absolute Gasteiger partial charge is 0.325 e. The van der Waals surface area contributed by atoms with Gasteiger partial charge in [-0.25, -0.2) is 12.8 Å². The van der Waals surface area contributed by atoms with E-state index in [1.165, 1.54) is 40.3 Å². The molecule has 0 aromatic heterocycles. The molecule has 3 rings (SSSR count). The molecule has 1 heterocycles. The monoisotopic (exact) mass is 394 g/mol. The van der Waals surface area contributed by atoms with Gasteiger partial charge in [-0.2, -0.15) is 4.31 Å². The summed E-state index contributed by atoms with van der Waals surface area (Å²) in [7, 11) is -3.52. The van der Waals surface area contributed by atoms with Gasteiger partial charge in [-0.05, 0) is 55.3 Å². The summed E-state index contributed by atoms with van der Waals surface area (Å²) in [6.45, 7) is 1.07. The molecule has 1 fully saturated rings. The highest BCUT2D eigenvalue weighted by Crippen LogP contribution is 2.23. The minimum Gasteiger partial charge on any atom is -0.325 e. The van der Waals surface area contributed by atoms with Crippen LogP contribution in [0.1, 0.15) is 12.8 Å². The predicted octanol–water partition coefficient (Wildman–Crippen LogP) is 3.34. The van der Waals surface area contributed by atoms with Crippen molar-refractivity contribution in [2.75, 3.05) is 24.2 Å². The summed E-state index contributed by atoms with van der Waals surface area (Å²) >= 11 is 1.28. The average Bonchev–Trinajstić information content (AvgIpc) is 3.17. The first kappa shape index (κ1) is 18.9. The molecule has 1 amide bonds. The summed E-state index contributed by atoms with van der Waals surface area (Å²) < 4.78 is 39.5. The fourth-order valence-electron chi connectivity index (χ4n) is 2.69. The molecular weight excluding hydrogens is 375 g/mol. The molecule has 1 N–H and O–H groups in total. The SMILES string of the molecule is O=C(CSc1ccc(F)cc1)Nc1cccc(S(=O)(=O)N2CCCC2)c1. The van der Waals surface area contributed by atoms with Crippen LogP contribution in [0.4, 0.5) is 10.1 Å². The first-order valence-electron chi connectivity index (χ1n) is 8.23. The molecule has 1 saturated heterocycles. The third-order valence-corrected chi connectivity index (χ3v) is 6.91. The fourth-order valence-corrected chi connectivity index (χ4v) is 4.95. The van der Waals surface area contributed by atoms with Crippen molar-refractivity contribution in [1.29, 1.82) is 0 Å². The molecule has 2 aromatic rings. The number of hydrogen-bond donors (Lipinski definition) is 1. The topological polar surface area (TPSA) is 66.5 Å². The highest BCUT2D eigenvalue weighted by atomic mass is 32.2. The number of nitrogens with one attached hydrogen (secondary N) is 1. The van der Waals surface area contributed by atoms with Gasteiger partial charge in [0.15, 0.2) is 0 Å². The van der Waals surface area contributed by atoms with Crippen LogP contribution in [0.5, 0.6) is 0 Å². The molecular formula is C18H19FN2O3S2. The van der Waals surface area contributed by atoms with Crippen LogP contribution in [0.15, 0.2) is 58.3 Å². The van der Waals surface area contributed by atoms with Crippen molar-refractivity contribution >= 4 is 33.4 Å². The van der Waals surface area contributed by atoms with E-state index in [0.717, 1.165) is 17.7 Å². The zero-order valence-corrected chi connectivity index (χ0v) is 15.7. The molecule has 0 radical (unpaired) electrons. The maximum Gasteiger partial charge on any atom is 0.243 e. The number of sulfonamides is 1. The van der Waals surface area contributed by atoms with Gasteiger partial charge in [0.2, 0.25) is 15.9 Å². The Labute approximate surface area is 156 Å². The Morgan fingerprint density at radius 3 is 2.50 bits per heavy atom. The fraction of sp³-hybridized carbons (Fsp3) is 0.278. The van der Waals surface area contributed by atoms with Gasteiger partial charge in [0.25, 0.3) is 0 Å². The zero-order chi connectivity index (χ0) is 18.6. The maximum atomic E-state index is 12.9. The molecule has 138 valence electrons. The van der Waals surface area contributed by atoms with Crippen LogP contribution >= 0.6 is 11.8 Å². The lowest BCUT2D eigenvalue weighted by atomic mass is 10.3. The van der Waals surface area contributed by atoms with E-state index < -0.39 is 10.0 Å². The minimum atomic E-state index is -3.52. The van der Waals surface area contributed by atoms with E-state index in [9.17, 15) is 17.6 Å². The van der Waals surface area contributed by atoms with Gasteiger partial charge < -0.3 is 5.32 Å². The van der Waals surface area contributed by atoms with Crippen LogP contribution in [0, 0.1) is 5.82 Å². The Kier molecular flexibility index (Phi) is 5.95. The molecule has 0 bridgehead atoms. The normalized spacial score (nSPS) is 15.1. The van der Waals surface area contributed by atoms with Crippen LogP contribution in [-0.4, -0.2) is 37.5 Å².